The zero-order valence-corrected chi connectivity index (χ0v) is 27.8. The summed E-state index contributed by atoms with van der Waals surface area (Å²) in [7, 11) is 0. The fraction of sp³-hybridized carbons (Fsp3) is 0.0213. The maximum Gasteiger partial charge on any atom is 0.161 e. The quantitative estimate of drug-likeness (QED) is 0.179. The summed E-state index contributed by atoms with van der Waals surface area (Å²) in [6.07, 6.45) is 9.54. The van der Waals surface area contributed by atoms with Crippen molar-refractivity contribution in [3.63, 3.8) is 0 Å². The molecule has 5 aromatic carbocycles. The summed E-state index contributed by atoms with van der Waals surface area (Å²) < 4.78 is 0. The van der Waals surface area contributed by atoms with Gasteiger partial charge in [-0.25, -0.2) is 9.97 Å². The predicted octanol–water partition coefficient (Wildman–Crippen LogP) is 11.3. The molecule has 0 aliphatic heterocycles. The first-order valence-corrected chi connectivity index (χ1v) is 17.1. The van der Waals surface area contributed by atoms with E-state index in [9.17, 15) is 0 Å². The summed E-state index contributed by atoms with van der Waals surface area (Å²) in [4.78, 5) is 18.4. The third-order valence-electron chi connectivity index (χ3n) is 9.72. The van der Waals surface area contributed by atoms with Crippen LogP contribution in [0.3, 0.4) is 0 Å². The van der Waals surface area contributed by atoms with E-state index >= 15 is 0 Å². The van der Waals surface area contributed by atoms with E-state index in [0.29, 0.717) is 5.82 Å². The predicted molar refractivity (Wildman–Crippen MR) is 209 cm³/mol. The van der Waals surface area contributed by atoms with E-state index in [-0.39, 0.29) is 5.92 Å². The van der Waals surface area contributed by atoms with Gasteiger partial charge < -0.3 is 0 Å². The number of nitrogens with zero attached hydrogens (tertiary/aromatic N) is 4. The van der Waals surface area contributed by atoms with Crippen LogP contribution in [0, 0.1) is 0 Å². The van der Waals surface area contributed by atoms with Crippen LogP contribution in [-0.2, 0) is 0 Å². The third kappa shape index (κ3) is 5.73. The van der Waals surface area contributed by atoms with Crippen molar-refractivity contribution in [2.24, 2.45) is 0 Å². The number of fused-ring (bicyclic) bond motifs is 3. The molecule has 0 radical (unpaired) electrons. The number of hydrogen-bond donors (Lipinski definition) is 0. The summed E-state index contributed by atoms with van der Waals surface area (Å²) >= 11 is 0. The second-order valence-corrected chi connectivity index (χ2v) is 12.8. The van der Waals surface area contributed by atoms with E-state index in [4.69, 9.17) is 9.97 Å². The highest BCUT2D eigenvalue weighted by atomic mass is 14.9. The van der Waals surface area contributed by atoms with Crippen LogP contribution in [0.15, 0.2) is 183 Å². The first-order chi connectivity index (χ1) is 25.2. The van der Waals surface area contributed by atoms with Crippen molar-refractivity contribution in [1.29, 1.82) is 0 Å². The molecule has 1 aliphatic rings. The lowest BCUT2D eigenvalue weighted by molar-refractivity contribution is 1.09. The van der Waals surface area contributed by atoms with Crippen LogP contribution >= 0.6 is 0 Å². The van der Waals surface area contributed by atoms with Crippen LogP contribution in [-0.4, -0.2) is 19.9 Å². The highest BCUT2D eigenvalue weighted by Gasteiger charge is 2.26. The van der Waals surface area contributed by atoms with Gasteiger partial charge >= 0.3 is 0 Å². The Bertz CT molecular complexity index is 2500. The molecule has 240 valence electrons. The largest absolute Gasteiger partial charge is 0.264 e. The van der Waals surface area contributed by atoms with Gasteiger partial charge in [0, 0.05) is 47.4 Å². The van der Waals surface area contributed by atoms with Crippen molar-refractivity contribution >= 4 is 21.9 Å². The lowest BCUT2D eigenvalue weighted by atomic mass is 9.75. The van der Waals surface area contributed by atoms with Gasteiger partial charge in [0.05, 0.1) is 11.4 Å². The summed E-state index contributed by atoms with van der Waals surface area (Å²) in [5.41, 5.74) is 14.0. The van der Waals surface area contributed by atoms with Gasteiger partial charge in [0.2, 0.25) is 0 Å². The van der Waals surface area contributed by atoms with Crippen LogP contribution in [0.5, 0.6) is 0 Å². The number of aromatic nitrogens is 4. The standard InChI is InChI=1S/C47H32N4/c1-31-40-24-23-35-11-5-6-14-41(35)46(40)43(34-9-3-2-4-10-34)27-42(31)36-19-15-32(16-20-36)33-17-21-37(22-18-33)44-28-45(38-12-7-25-48-29-38)51-47(50-44)39-13-8-26-49-30-39/h2-30,42H,1H2. The molecule has 0 N–H and O–H groups in total. The van der Waals surface area contributed by atoms with E-state index in [1.54, 1.807) is 18.6 Å². The summed E-state index contributed by atoms with van der Waals surface area (Å²) in [5.74, 6) is 0.690. The van der Waals surface area contributed by atoms with Gasteiger partial charge in [-0.2, -0.15) is 0 Å². The number of pyridine rings is 2. The fourth-order valence-corrected chi connectivity index (χ4v) is 7.10. The number of allylic oxidation sites excluding steroid dienone is 2. The Morgan fingerprint density at radius 3 is 1.80 bits per heavy atom. The monoisotopic (exact) mass is 652 g/mol. The highest BCUT2D eigenvalue weighted by Crippen LogP contribution is 2.47. The maximum absolute atomic E-state index is 4.95. The molecule has 1 aliphatic carbocycles. The van der Waals surface area contributed by atoms with Gasteiger partial charge in [0.25, 0.3) is 0 Å². The van der Waals surface area contributed by atoms with Crippen LogP contribution in [0.4, 0.5) is 0 Å². The topological polar surface area (TPSA) is 51.6 Å². The molecule has 0 bridgehead atoms. The molecule has 3 heterocycles. The molecule has 0 amide bonds. The van der Waals surface area contributed by atoms with E-state index in [2.05, 4.69) is 138 Å². The SMILES string of the molecule is C=C1c2ccc3ccccc3c2C(c2ccccc2)=CC1c1ccc(-c2ccc(-c3cc(-c4cccnc4)nc(-c4cccnc4)n3)cc2)cc1. The molecular formula is C47H32N4. The number of hydrogen-bond acceptors (Lipinski definition) is 4. The van der Waals surface area contributed by atoms with Crippen molar-refractivity contribution in [2.45, 2.75) is 5.92 Å². The summed E-state index contributed by atoms with van der Waals surface area (Å²) in [5, 5.41) is 2.49. The molecule has 0 saturated heterocycles. The molecule has 0 spiro atoms. The highest BCUT2D eigenvalue weighted by molar-refractivity contribution is 6.05. The van der Waals surface area contributed by atoms with Gasteiger partial charge in [-0.05, 0) is 85.6 Å². The fourth-order valence-electron chi connectivity index (χ4n) is 7.10. The second kappa shape index (κ2) is 12.9. The average Bonchev–Trinajstić information content (AvgIpc) is 3.22. The van der Waals surface area contributed by atoms with E-state index in [1.807, 2.05) is 36.5 Å². The lowest BCUT2D eigenvalue weighted by Gasteiger charge is -2.29. The molecule has 1 unspecified atom stereocenters. The minimum Gasteiger partial charge on any atom is -0.264 e. The Morgan fingerprint density at radius 2 is 1.10 bits per heavy atom. The molecule has 4 nitrogen and oxygen atoms in total. The van der Waals surface area contributed by atoms with Crippen LogP contribution < -0.4 is 0 Å². The van der Waals surface area contributed by atoms with Crippen molar-refractivity contribution in [3.05, 3.63) is 205 Å². The molecular weight excluding hydrogens is 621 g/mol. The average molecular weight is 653 g/mol. The van der Waals surface area contributed by atoms with Gasteiger partial charge in [0.15, 0.2) is 5.82 Å². The Hall–Kier alpha value is -6.78. The van der Waals surface area contributed by atoms with E-state index in [0.717, 1.165) is 44.8 Å². The Labute approximate surface area is 297 Å². The minimum atomic E-state index is 0.0612. The third-order valence-corrected chi connectivity index (χ3v) is 9.72. The van der Waals surface area contributed by atoms with Crippen LogP contribution in [0.2, 0.25) is 0 Å². The first-order valence-electron chi connectivity index (χ1n) is 17.1. The first kappa shape index (κ1) is 30.3. The van der Waals surface area contributed by atoms with Crippen LogP contribution in [0.1, 0.15) is 28.2 Å². The van der Waals surface area contributed by atoms with E-state index in [1.165, 1.54) is 38.6 Å². The zero-order chi connectivity index (χ0) is 34.1. The Balaban J connectivity index is 1.04. The molecule has 9 rings (SSSR count). The van der Waals surface area contributed by atoms with Gasteiger partial charge in [-0.15, -0.1) is 0 Å². The van der Waals surface area contributed by atoms with Crippen molar-refractivity contribution in [2.75, 3.05) is 0 Å². The van der Waals surface area contributed by atoms with Gasteiger partial charge in [-0.1, -0.05) is 128 Å². The minimum absolute atomic E-state index is 0.0612. The summed E-state index contributed by atoms with van der Waals surface area (Å²) in [6.45, 7) is 4.66. The van der Waals surface area contributed by atoms with Gasteiger partial charge in [-0.3, -0.25) is 9.97 Å². The maximum atomic E-state index is 4.95. The normalized spacial score (nSPS) is 13.8. The smallest absolute Gasteiger partial charge is 0.161 e. The lowest BCUT2D eigenvalue weighted by Crippen LogP contribution is -2.09. The summed E-state index contributed by atoms with van der Waals surface area (Å²) in [6, 6.07) is 51.2. The number of rotatable bonds is 6. The van der Waals surface area contributed by atoms with E-state index < -0.39 is 0 Å². The molecule has 51 heavy (non-hydrogen) atoms. The molecule has 0 fully saturated rings. The molecule has 1 atom stereocenters. The van der Waals surface area contributed by atoms with Crippen molar-refractivity contribution in [3.8, 4) is 45.0 Å². The molecule has 4 heteroatoms. The van der Waals surface area contributed by atoms with Gasteiger partial charge in [0.1, 0.15) is 0 Å². The van der Waals surface area contributed by atoms with Crippen molar-refractivity contribution in [1.82, 2.24) is 19.9 Å². The number of benzene rings is 5. The Morgan fingerprint density at radius 1 is 0.490 bits per heavy atom. The molecule has 0 saturated carbocycles. The zero-order valence-electron chi connectivity index (χ0n) is 27.8. The molecule has 3 aromatic heterocycles. The van der Waals surface area contributed by atoms with Crippen molar-refractivity contribution < 1.29 is 0 Å². The molecule has 8 aromatic rings. The van der Waals surface area contributed by atoms with Crippen LogP contribution in [0.25, 0.3) is 66.9 Å². The Kier molecular flexibility index (Phi) is 7.67. The second-order valence-electron chi connectivity index (χ2n) is 12.8.